The molecule has 0 aliphatic heterocycles. The molecule has 0 amide bonds. The molecule has 4 radical (unpaired) electrons. The number of alkyl halides is 5. The number of aliphatic hydroxyl groups is 1. The zero-order valence-electron chi connectivity index (χ0n) is 14.2. The Morgan fingerprint density at radius 1 is 1.10 bits per heavy atom. The van der Waals surface area contributed by atoms with E-state index in [9.17, 15) is 31.4 Å². The maximum atomic E-state index is 15.0. The molecule has 0 aromatic heterocycles. The van der Waals surface area contributed by atoms with Crippen molar-refractivity contribution in [2.24, 2.45) is 0 Å². The second-order valence-corrected chi connectivity index (χ2v) is 6.94. The molecule has 0 unspecified atom stereocenters. The van der Waals surface area contributed by atoms with Gasteiger partial charge in [0.05, 0.1) is 27.3 Å². The fourth-order valence-electron chi connectivity index (χ4n) is 3.87. The van der Waals surface area contributed by atoms with Crippen molar-refractivity contribution in [3.05, 3.63) is 58.4 Å². The third-order valence-corrected chi connectivity index (χ3v) is 5.28. The molecule has 2 aliphatic carbocycles. The Labute approximate surface area is 162 Å². The van der Waals surface area contributed by atoms with E-state index in [1.165, 1.54) is 0 Å². The van der Waals surface area contributed by atoms with Crippen molar-refractivity contribution in [2.75, 3.05) is 0 Å². The van der Waals surface area contributed by atoms with E-state index in [2.05, 4.69) is 0 Å². The molecule has 0 saturated heterocycles. The quantitative estimate of drug-likeness (QED) is 0.610. The van der Waals surface area contributed by atoms with E-state index in [0.717, 1.165) is 24.3 Å². The van der Waals surface area contributed by atoms with Crippen molar-refractivity contribution in [3.8, 4) is 17.6 Å². The normalized spacial score (nSPS) is 27.3. The molecule has 0 spiro atoms. The van der Waals surface area contributed by atoms with Crippen molar-refractivity contribution in [1.82, 2.24) is 0 Å². The summed E-state index contributed by atoms with van der Waals surface area (Å²) >= 11 is 0. The molecule has 4 rings (SSSR count). The van der Waals surface area contributed by atoms with E-state index in [1.807, 2.05) is 0 Å². The standard InChI is InChI=1S/C18H7B2F6NO2/c19-16(20)14(22)12-11(29-9-4-7(6-27)3-8(21)5-9)2-1-10-13(12)15(16,28)18(25,26)17(10,23)24/h1-5,14,28H/t14-,15+/m1/s1. The Kier molecular flexibility index (Phi) is 3.74. The predicted molar refractivity (Wildman–Crippen MR) is 88.4 cm³/mol. The van der Waals surface area contributed by atoms with Crippen LogP contribution in [0.2, 0.25) is 5.21 Å². The molecule has 3 nitrogen and oxygen atoms in total. The molecular weight excluding hydrogens is 398 g/mol. The lowest BCUT2D eigenvalue weighted by Gasteiger charge is -2.42. The monoisotopic (exact) mass is 405 g/mol. The van der Waals surface area contributed by atoms with Crippen LogP contribution in [0.15, 0.2) is 30.3 Å². The van der Waals surface area contributed by atoms with Crippen molar-refractivity contribution < 1.29 is 36.2 Å². The van der Waals surface area contributed by atoms with Crippen LogP contribution in [0, 0.1) is 17.1 Å². The molecular formula is C18H7B2F6NO2. The lowest BCUT2D eigenvalue weighted by molar-refractivity contribution is -0.291. The van der Waals surface area contributed by atoms with E-state index in [4.69, 9.17) is 25.7 Å². The number of benzene rings is 2. The molecule has 0 saturated carbocycles. The van der Waals surface area contributed by atoms with Gasteiger partial charge in [0.25, 0.3) is 0 Å². The third kappa shape index (κ3) is 2.10. The Morgan fingerprint density at radius 2 is 1.76 bits per heavy atom. The summed E-state index contributed by atoms with van der Waals surface area (Å²) in [7, 11) is 10.8. The number of rotatable bonds is 2. The van der Waals surface area contributed by atoms with Crippen LogP contribution in [0.25, 0.3) is 0 Å². The third-order valence-electron chi connectivity index (χ3n) is 5.28. The molecule has 2 aromatic carbocycles. The van der Waals surface area contributed by atoms with Crippen LogP contribution >= 0.6 is 0 Å². The number of nitrogens with zero attached hydrogens (tertiary/aromatic N) is 1. The van der Waals surface area contributed by atoms with Crippen molar-refractivity contribution >= 4 is 15.7 Å². The number of ether oxygens (including phenoxy) is 1. The van der Waals surface area contributed by atoms with Crippen LogP contribution in [0.3, 0.4) is 0 Å². The van der Waals surface area contributed by atoms with Crippen LogP contribution in [0.4, 0.5) is 26.3 Å². The summed E-state index contributed by atoms with van der Waals surface area (Å²) in [6.07, 6.45) is -2.72. The first-order valence-electron chi connectivity index (χ1n) is 8.07. The van der Waals surface area contributed by atoms with Gasteiger partial charge in [0.1, 0.15) is 23.5 Å². The van der Waals surface area contributed by atoms with Gasteiger partial charge in [-0.15, -0.1) is 0 Å². The summed E-state index contributed by atoms with van der Waals surface area (Å²) < 4.78 is 91.6. The molecule has 0 heterocycles. The van der Waals surface area contributed by atoms with Gasteiger partial charge < -0.3 is 9.84 Å². The molecule has 2 aromatic rings. The van der Waals surface area contributed by atoms with Gasteiger partial charge in [0, 0.05) is 22.8 Å². The highest BCUT2D eigenvalue weighted by Crippen LogP contribution is 2.75. The first kappa shape index (κ1) is 19.7. The number of hydrogen-bond donors (Lipinski definition) is 1. The first-order chi connectivity index (χ1) is 13.3. The molecule has 144 valence electrons. The largest absolute Gasteiger partial charge is 0.457 e. The van der Waals surface area contributed by atoms with Crippen LogP contribution in [0.5, 0.6) is 11.5 Å². The van der Waals surface area contributed by atoms with Crippen molar-refractivity contribution in [1.29, 1.82) is 5.26 Å². The zero-order chi connectivity index (χ0) is 21.6. The van der Waals surface area contributed by atoms with Crippen LogP contribution in [-0.2, 0) is 11.5 Å². The Bertz CT molecular complexity index is 1100. The highest BCUT2D eigenvalue weighted by Gasteiger charge is 2.83. The smallest absolute Gasteiger partial charge is 0.345 e. The second-order valence-electron chi connectivity index (χ2n) is 6.94. The van der Waals surface area contributed by atoms with Gasteiger partial charge in [0.15, 0.2) is 5.60 Å². The fraction of sp³-hybridized carbons (Fsp3) is 0.278. The van der Waals surface area contributed by atoms with Crippen LogP contribution in [-0.4, -0.2) is 26.7 Å². The summed E-state index contributed by atoms with van der Waals surface area (Å²) in [5, 5.41) is 16.1. The van der Waals surface area contributed by atoms with E-state index in [-0.39, 0.29) is 11.3 Å². The number of halogens is 6. The van der Waals surface area contributed by atoms with E-state index >= 15 is 0 Å². The van der Waals surface area contributed by atoms with E-state index < -0.39 is 57.1 Å². The molecule has 2 aliphatic rings. The lowest BCUT2D eigenvalue weighted by atomic mass is 9.45. The maximum Gasteiger partial charge on any atom is 0.345 e. The highest BCUT2D eigenvalue weighted by atomic mass is 19.3. The number of hydrogen-bond acceptors (Lipinski definition) is 3. The molecule has 1 N–H and O–H groups in total. The minimum absolute atomic E-state index is 0.170. The average molecular weight is 405 g/mol. The summed E-state index contributed by atoms with van der Waals surface area (Å²) in [4.78, 5) is 0. The van der Waals surface area contributed by atoms with Crippen molar-refractivity contribution in [3.63, 3.8) is 0 Å². The summed E-state index contributed by atoms with van der Waals surface area (Å²) in [5.74, 6) is -11.9. The second kappa shape index (κ2) is 5.51. The molecule has 0 fully saturated rings. The van der Waals surface area contributed by atoms with E-state index in [0.29, 0.717) is 6.07 Å². The summed E-state index contributed by atoms with van der Waals surface area (Å²) in [6, 6.07) is 5.66. The Hall–Kier alpha value is -2.60. The SMILES string of the molecule is [B]C1([B])[C@H](F)c2c(Oc3cc(F)cc(C#N)c3)ccc3c2[C@@]1(O)C(F)(F)C3(F)F. The van der Waals surface area contributed by atoms with Crippen LogP contribution < -0.4 is 4.74 Å². The van der Waals surface area contributed by atoms with Gasteiger partial charge in [0.2, 0.25) is 0 Å². The molecule has 0 bridgehead atoms. The van der Waals surface area contributed by atoms with Gasteiger partial charge in [-0.3, -0.25) is 0 Å². The van der Waals surface area contributed by atoms with E-state index in [1.54, 1.807) is 6.07 Å². The average Bonchev–Trinajstić information content (AvgIpc) is 2.87. The lowest BCUT2D eigenvalue weighted by Crippen LogP contribution is -2.55. The summed E-state index contributed by atoms with van der Waals surface area (Å²) in [6.45, 7) is 0. The Morgan fingerprint density at radius 3 is 2.38 bits per heavy atom. The van der Waals surface area contributed by atoms with Gasteiger partial charge >= 0.3 is 11.8 Å². The van der Waals surface area contributed by atoms with Crippen molar-refractivity contribution in [2.45, 2.75) is 28.8 Å². The first-order valence-corrected chi connectivity index (χ1v) is 8.07. The topological polar surface area (TPSA) is 53.2 Å². The molecule has 2 atom stereocenters. The summed E-state index contributed by atoms with van der Waals surface area (Å²) in [5.41, 5.74) is -7.50. The predicted octanol–water partition coefficient (Wildman–Crippen LogP) is 3.90. The highest BCUT2D eigenvalue weighted by molar-refractivity contribution is 6.42. The van der Waals surface area contributed by atoms with Crippen LogP contribution in [0.1, 0.15) is 28.4 Å². The minimum Gasteiger partial charge on any atom is -0.457 e. The van der Waals surface area contributed by atoms with Gasteiger partial charge in [-0.05, 0) is 29.5 Å². The van der Waals surface area contributed by atoms with Gasteiger partial charge in [-0.1, -0.05) is 0 Å². The number of nitriles is 1. The zero-order valence-corrected chi connectivity index (χ0v) is 14.2. The molecule has 29 heavy (non-hydrogen) atoms. The molecule has 11 heteroatoms. The Balaban J connectivity index is 1.96. The van der Waals surface area contributed by atoms with Gasteiger partial charge in [-0.25, -0.2) is 8.78 Å². The fourth-order valence-corrected chi connectivity index (χ4v) is 3.87. The maximum absolute atomic E-state index is 15.0. The van der Waals surface area contributed by atoms with Gasteiger partial charge in [-0.2, -0.15) is 22.8 Å². The minimum atomic E-state index is -5.22.